The second kappa shape index (κ2) is 8.70. The number of hydrogen-bond donors (Lipinski definition) is 2. The molecule has 0 aliphatic heterocycles. The molecule has 3 aromatic rings. The Bertz CT molecular complexity index is 899. The van der Waals surface area contributed by atoms with Crippen molar-refractivity contribution >= 4 is 11.8 Å². The van der Waals surface area contributed by atoms with E-state index in [1.165, 1.54) is 24.5 Å². The van der Waals surface area contributed by atoms with Crippen LogP contribution in [0.1, 0.15) is 22.0 Å². The number of rotatable bonds is 7. The summed E-state index contributed by atoms with van der Waals surface area (Å²) >= 11 is 0. The van der Waals surface area contributed by atoms with Gasteiger partial charge in [0.05, 0.1) is 24.7 Å². The molecule has 138 valence electrons. The summed E-state index contributed by atoms with van der Waals surface area (Å²) in [6.45, 7) is 0.116. The van der Waals surface area contributed by atoms with Crippen LogP contribution in [-0.2, 0) is 11.3 Å². The average molecular weight is 367 g/mol. The predicted octanol–water partition coefficient (Wildman–Crippen LogP) is 1.70. The van der Waals surface area contributed by atoms with E-state index >= 15 is 0 Å². The van der Waals surface area contributed by atoms with Crippen LogP contribution < -0.4 is 10.6 Å². The van der Waals surface area contributed by atoms with E-state index in [0.717, 1.165) is 5.56 Å². The number of halogens is 1. The third-order valence-electron chi connectivity index (χ3n) is 3.90. The van der Waals surface area contributed by atoms with Gasteiger partial charge < -0.3 is 10.6 Å². The molecule has 0 aliphatic carbocycles. The van der Waals surface area contributed by atoms with E-state index in [1.54, 1.807) is 17.1 Å². The van der Waals surface area contributed by atoms with Crippen molar-refractivity contribution in [3.63, 3.8) is 0 Å². The van der Waals surface area contributed by atoms with Crippen LogP contribution in [0, 0.1) is 5.82 Å². The van der Waals surface area contributed by atoms with Gasteiger partial charge in [-0.05, 0) is 17.7 Å². The van der Waals surface area contributed by atoms with Crippen molar-refractivity contribution in [3.05, 3.63) is 84.2 Å². The first-order chi connectivity index (χ1) is 13.1. The van der Waals surface area contributed by atoms with Crippen LogP contribution in [0.15, 0.2) is 67.3 Å². The summed E-state index contributed by atoms with van der Waals surface area (Å²) in [4.78, 5) is 28.2. The Morgan fingerprint density at radius 3 is 2.52 bits per heavy atom. The third-order valence-corrected chi connectivity index (χ3v) is 3.90. The van der Waals surface area contributed by atoms with Crippen LogP contribution in [0.5, 0.6) is 0 Å². The zero-order valence-electron chi connectivity index (χ0n) is 14.4. The van der Waals surface area contributed by atoms with Gasteiger partial charge in [0.1, 0.15) is 18.5 Å². The molecule has 1 unspecified atom stereocenters. The summed E-state index contributed by atoms with van der Waals surface area (Å²) in [5.41, 5.74) is 0.786. The monoisotopic (exact) mass is 367 g/mol. The highest BCUT2D eigenvalue weighted by Crippen LogP contribution is 2.14. The lowest BCUT2D eigenvalue weighted by Crippen LogP contribution is -2.40. The normalized spacial score (nSPS) is 11.6. The van der Waals surface area contributed by atoms with Gasteiger partial charge in [0.25, 0.3) is 5.91 Å². The van der Waals surface area contributed by atoms with E-state index < -0.39 is 17.6 Å². The Hall–Kier alpha value is -3.55. The Labute approximate surface area is 155 Å². The third kappa shape index (κ3) is 4.97. The number of aromatic nitrogens is 3. The molecule has 0 bridgehead atoms. The van der Waals surface area contributed by atoms with Crippen molar-refractivity contribution < 1.29 is 14.0 Å². The molecule has 1 atom stereocenters. The summed E-state index contributed by atoms with van der Waals surface area (Å²) in [7, 11) is 0. The highest BCUT2D eigenvalue weighted by molar-refractivity contribution is 5.96. The Morgan fingerprint density at radius 2 is 1.81 bits per heavy atom. The summed E-state index contributed by atoms with van der Waals surface area (Å²) in [5.74, 6) is -1.67. The Morgan fingerprint density at radius 1 is 1.07 bits per heavy atom. The Kier molecular flexibility index (Phi) is 5.88. The van der Waals surface area contributed by atoms with E-state index in [4.69, 9.17) is 0 Å². The molecule has 0 aliphatic rings. The molecule has 0 radical (unpaired) electrons. The molecular weight excluding hydrogens is 349 g/mol. The second-order valence-corrected chi connectivity index (χ2v) is 5.81. The van der Waals surface area contributed by atoms with Crippen LogP contribution >= 0.6 is 0 Å². The van der Waals surface area contributed by atoms with E-state index in [0.29, 0.717) is 6.54 Å². The topological polar surface area (TPSA) is 88.9 Å². The molecule has 2 amide bonds. The van der Waals surface area contributed by atoms with Gasteiger partial charge in [0.2, 0.25) is 5.91 Å². The number of carbonyl (C=O) groups excluding carboxylic acids is 2. The summed E-state index contributed by atoms with van der Waals surface area (Å²) in [5, 5.41) is 9.34. The molecule has 1 heterocycles. The van der Waals surface area contributed by atoms with Gasteiger partial charge in [-0.1, -0.05) is 42.5 Å². The van der Waals surface area contributed by atoms with Crippen LogP contribution in [0.3, 0.4) is 0 Å². The maximum atomic E-state index is 13.6. The lowest BCUT2D eigenvalue weighted by atomic mass is 10.1. The molecule has 8 heteroatoms. The zero-order valence-corrected chi connectivity index (χ0v) is 14.4. The number of amides is 2. The number of nitrogens with zero attached hydrogens (tertiary/aromatic N) is 3. The van der Waals surface area contributed by atoms with Gasteiger partial charge in [-0.25, -0.2) is 9.37 Å². The highest BCUT2D eigenvalue weighted by Gasteiger charge is 2.17. The fourth-order valence-electron chi connectivity index (χ4n) is 2.58. The van der Waals surface area contributed by atoms with Crippen molar-refractivity contribution in [1.29, 1.82) is 0 Å². The van der Waals surface area contributed by atoms with Gasteiger partial charge in [-0.2, -0.15) is 5.10 Å². The molecule has 0 saturated heterocycles. The lowest BCUT2D eigenvalue weighted by Gasteiger charge is -2.19. The molecule has 0 fully saturated rings. The molecule has 27 heavy (non-hydrogen) atoms. The highest BCUT2D eigenvalue weighted by atomic mass is 19.1. The molecule has 2 aromatic carbocycles. The maximum Gasteiger partial charge on any atom is 0.254 e. The quantitative estimate of drug-likeness (QED) is 0.665. The minimum atomic E-state index is -0.643. The van der Waals surface area contributed by atoms with E-state index in [2.05, 4.69) is 20.7 Å². The van der Waals surface area contributed by atoms with E-state index in [-0.39, 0.29) is 18.2 Å². The number of nitrogens with one attached hydrogen (secondary N) is 2. The minimum Gasteiger partial charge on any atom is -0.346 e. The molecule has 2 N–H and O–H groups in total. The minimum absolute atomic E-state index is 0.104. The van der Waals surface area contributed by atoms with Gasteiger partial charge in [-0.3, -0.25) is 14.3 Å². The van der Waals surface area contributed by atoms with E-state index in [1.807, 2.05) is 30.3 Å². The molecule has 1 aromatic heterocycles. The summed E-state index contributed by atoms with van der Waals surface area (Å²) in [6.07, 6.45) is 2.97. The van der Waals surface area contributed by atoms with Crippen LogP contribution in [0.4, 0.5) is 4.39 Å². The zero-order chi connectivity index (χ0) is 19.1. The molecule has 3 rings (SSSR count). The number of benzene rings is 2. The largest absolute Gasteiger partial charge is 0.346 e. The van der Waals surface area contributed by atoms with Crippen LogP contribution in [0.25, 0.3) is 0 Å². The second-order valence-electron chi connectivity index (χ2n) is 5.81. The number of hydrogen-bond acceptors (Lipinski definition) is 4. The summed E-state index contributed by atoms with van der Waals surface area (Å²) < 4.78 is 15.2. The Balaban J connectivity index is 1.62. The van der Waals surface area contributed by atoms with Gasteiger partial charge >= 0.3 is 0 Å². The predicted molar refractivity (Wildman–Crippen MR) is 96.1 cm³/mol. The molecule has 0 saturated carbocycles. The first kappa shape index (κ1) is 18.2. The van der Waals surface area contributed by atoms with Crippen molar-refractivity contribution in [2.24, 2.45) is 0 Å². The van der Waals surface area contributed by atoms with Gasteiger partial charge in [-0.15, -0.1) is 0 Å². The van der Waals surface area contributed by atoms with Crippen molar-refractivity contribution in [2.75, 3.05) is 6.54 Å². The molecular formula is C19H18FN5O2. The smallest absolute Gasteiger partial charge is 0.254 e. The first-order valence-corrected chi connectivity index (χ1v) is 8.33. The lowest BCUT2D eigenvalue weighted by molar-refractivity contribution is -0.121. The standard InChI is InChI=1S/C19H18FN5O2/c20-16-9-5-4-8-15(16)19(27)22-10-18(26)24-17(11-25-13-21-12-23-25)14-6-2-1-3-7-14/h1-9,12-13,17H,10-11H2,(H,22,27)(H,24,26). The summed E-state index contributed by atoms with van der Waals surface area (Å²) in [6, 6.07) is 14.6. The van der Waals surface area contributed by atoms with Crippen LogP contribution in [-0.4, -0.2) is 33.1 Å². The van der Waals surface area contributed by atoms with E-state index in [9.17, 15) is 14.0 Å². The first-order valence-electron chi connectivity index (χ1n) is 8.33. The fraction of sp³-hybridized carbons (Fsp3) is 0.158. The van der Waals surface area contributed by atoms with Crippen molar-refractivity contribution in [3.8, 4) is 0 Å². The van der Waals surface area contributed by atoms with Gasteiger partial charge in [0.15, 0.2) is 0 Å². The molecule has 0 spiro atoms. The van der Waals surface area contributed by atoms with Gasteiger partial charge in [0, 0.05) is 0 Å². The van der Waals surface area contributed by atoms with Crippen molar-refractivity contribution in [1.82, 2.24) is 25.4 Å². The van der Waals surface area contributed by atoms with Crippen LogP contribution in [0.2, 0.25) is 0 Å². The molecule has 7 nitrogen and oxygen atoms in total. The SMILES string of the molecule is O=C(CNC(=O)c1ccccc1F)NC(Cn1cncn1)c1ccccc1. The maximum absolute atomic E-state index is 13.6. The fourth-order valence-corrected chi connectivity index (χ4v) is 2.58. The van der Waals surface area contributed by atoms with Crippen molar-refractivity contribution in [2.45, 2.75) is 12.6 Å². The number of carbonyl (C=O) groups is 2. The average Bonchev–Trinajstić information content (AvgIpc) is 3.20.